The summed E-state index contributed by atoms with van der Waals surface area (Å²) < 4.78 is 36.6. The average molecular weight is 398 g/mol. The maximum Gasteiger partial charge on any atom is 0.490 e. The van der Waals surface area contributed by atoms with Gasteiger partial charge in [-0.25, -0.2) is 4.79 Å². The average Bonchev–Trinajstić information content (AvgIpc) is 2.98. The Bertz CT molecular complexity index is 885. The number of nitrogens with zero attached hydrogens (tertiary/aromatic N) is 1. The summed E-state index contributed by atoms with van der Waals surface area (Å²) in [4.78, 5) is 36.5. The van der Waals surface area contributed by atoms with Crippen molar-refractivity contribution in [3.05, 3.63) is 42.1 Å². The predicted molar refractivity (Wildman–Crippen MR) is 90.9 cm³/mol. The van der Waals surface area contributed by atoms with E-state index < -0.39 is 12.1 Å². The second-order valence-electron chi connectivity index (χ2n) is 6.08. The molecule has 2 N–H and O–H groups in total. The zero-order valence-electron chi connectivity index (χ0n) is 14.7. The maximum absolute atomic E-state index is 12.1. The monoisotopic (exact) mass is 398 g/mol. The van der Waals surface area contributed by atoms with Gasteiger partial charge in [0.15, 0.2) is 0 Å². The lowest BCUT2D eigenvalue weighted by molar-refractivity contribution is -0.192. The Labute approximate surface area is 157 Å². The summed E-state index contributed by atoms with van der Waals surface area (Å²) in [6, 6.07) is 9.74. The molecule has 1 aromatic carbocycles. The fourth-order valence-electron chi connectivity index (χ4n) is 2.47. The summed E-state index contributed by atoms with van der Waals surface area (Å²) in [6.07, 6.45) is -3.33. The number of esters is 1. The quantitative estimate of drug-likeness (QED) is 0.769. The zero-order chi connectivity index (χ0) is 20.9. The van der Waals surface area contributed by atoms with Gasteiger partial charge in [0.1, 0.15) is 6.61 Å². The summed E-state index contributed by atoms with van der Waals surface area (Å²) in [5.41, 5.74) is 1.93. The van der Waals surface area contributed by atoms with Crippen molar-refractivity contribution in [1.82, 2.24) is 10.3 Å². The first kappa shape index (κ1) is 21.1. The van der Waals surface area contributed by atoms with Crippen molar-refractivity contribution in [2.45, 2.75) is 19.6 Å². The molecule has 0 radical (unpaired) electrons. The minimum absolute atomic E-state index is 0.139. The topological polar surface area (TPSA) is 106 Å². The summed E-state index contributed by atoms with van der Waals surface area (Å²) in [7, 11) is 0. The van der Waals surface area contributed by atoms with Gasteiger partial charge in [0.2, 0.25) is 5.91 Å². The molecule has 1 fully saturated rings. The number of carboxylic acid groups (broad SMARTS) is 1. The predicted octanol–water partition coefficient (Wildman–Crippen LogP) is 2.29. The highest BCUT2D eigenvalue weighted by Gasteiger charge is 2.38. The van der Waals surface area contributed by atoms with Crippen molar-refractivity contribution in [3.63, 3.8) is 0 Å². The molecule has 1 aliphatic rings. The number of amides is 1. The van der Waals surface area contributed by atoms with E-state index in [0.717, 1.165) is 16.5 Å². The summed E-state index contributed by atoms with van der Waals surface area (Å²) >= 11 is 0. The number of ether oxygens (including phenoxy) is 1. The normalized spacial score (nSPS) is 18.8. The van der Waals surface area contributed by atoms with Gasteiger partial charge in [0.25, 0.3) is 0 Å². The van der Waals surface area contributed by atoms with E-state index >= 15 is 0 Å². The molecule has 2 aromatic rings. The van der Waals surface area contributed by atoms with Gasteiger partial charge in [-0.3, -0.25) is 14.6 Å². The zero-order valence-corrected chi connectivity index (χ0v) is 14.7. The third-order valence-electron chi connectivity index (χ3n) is 4.09. The van der Waals surface area contributed by atoms with E-state index in [4.69, 9.17) is 14.6 Å². The lowest BCUT2D eigenvalue weighted by Gasteiger charge is -2.12. The van der Waals surface area contributed by atoms with Gasteiger partial charge in [-0.05, 0) is 23.8 Å². The van der Waals surface area contributed by atoms with Crippen LogP contribution in [0.3, 0.4) is 0 Å². The highest BCUT2D eigenvalue weighted by molar-refractivity contribution is 5.87. The number of hydrogen-bond donors (Lipinski definition) is 2. The molecule has 150 valence electrons. The van der Waals surface area contributed by atoms with Gasteiger partial charge in [0.05, 0.1) is 17.4 Å². The molecular weight excluding hydrogens is 381 g/mol. The van der Waals surface area contributed by atoms with E-state index in [0.29, 0.717) is 6.54 Å². The molecular formula is C18H17F3N2O5. The fourth-order valence-corrected chi connectivity index (χ4v) is 2.47. The van der Waals surface area contributed by atoms with Crippen molar-refractivity contribution in [2.75, 3.05) is 6.61 Å². The van der Waals surface area contributed by atoms with Crippen LogP contribution < -0.4 is 5.32 Å². The third kappa shape index (κ3) is 5.41. The number of nitrogens with one attached hydrogen (secondary N) is 1. The molecule has 1 aliphatic heterocycles. The number of carboxylic acids is 1. The Morgan fingerprint density at radius 3 is 2.57 bits per heavy atom. The molecule has 0 spiro atoms. The van der Waals surface area contributed by atoms with Gasteiger partial charge >= 0.3 is 18.1 Å². The maximum atomic E-state index is 12.1. The van der Waals surface area contributed by atoms with Gasteiger partial charge in [-0.1, -0.05) is 19.1 Å². The second kappa shape index (κ2) is 8.68. The Kier molecular flexibility index (Phi) is 6.55. The summed E-state index contributed by atoms with van der Waals surface area (Å²) in [6.45, 7) is 2.33. The summed E-state index contributed by atoms with van der Waals surface area (Å²) in [5.74, 6) is -3.95. The van der Waals surface area contributed by atoms with Crippen LogP contribution in [-0.4, -0.2) is 40.7 Å². The van der Waals surface area contributed by atoms with Crippen LogP contribution in [0.15, 0.2) is 36.5 Å². The number of carbonyl (C=O) groups excluding carboxylic acids is 2. The molecule has 1 amide bonds. The first-order valence-corrected chi connectivity index (χ1v) is 8.17. The highest BCUT2D eigenvalue weighted by atomic mass is 19.4. The number of halogens is 3. The second-order valence-corrected chi connectivity index (χ2v) is 6.08. The molecule has 0 saturated carbocycles. The molecule has 2 unspecified atom stereocenters. The van der Waals surface area contributed by atoms with E-state index in [2.05, 4.69) is 10.3 Å². The smallest absolute Gasteiger partial charge is 0.475 e. The van der Waals surface area contributed by atoms with Crippen molar-refractivity contribution >= 4 is 28.7 Å². The van der Waals surface area contributed by atoms with Crippen molar-refractivity contribution in [2.24, 2.45) is 11.8 Å². The third-order valence-corrected chi connectivity index (χ3v) is 4.09. The van der Waals surface area contributed by atoms with Crippen LogP contribution in [0.1, 0.15) is 12.5 Å². The van der Waals surface area contributed by atoms with Crippen LogP contribution in [0.2, 0.25) is 0 Å². The number of alkyl halides is 3. The van der Waals surface area contributed by atoms with Gasteiger partial charge < -0.3 is 15.2 Å². The molecule has 2 heterocycles. The Balaban J connectivity index is 0.000000345. The number of rotatable bonds is 3. The number of pyridine rings is 1. The molecule has 0 bridgehead atoms. The van der Waals surface area contributed by atoms with E-state index in [1.165, 1.54) is 0 Å². The Hall–Kier alpha value is -3.17. The number of cyclic esters (lactones) is 1. The first-order chi connectivity index (χ1) is 13.1. The van der Waals surface area contributed by atoms with Crippen molar-refractivity contribution in [1.29, 1.82) is 0 Å². The fraction of sp³-hybridized carbons (Fsp3) is 0.333. The number of aromatic nitrogens is 1. The van der Waals surface area contributed by atoms with Crippen molar-refractivity contribution < 1.29 is 37.4 Å². The SMILES string of the molecule is CC1C(=O)OCC1C(=O)NCc1ccc2ncccc2c1.O=C(O)C(F)(F)F. The number of aliphatic carboxylic acids is 1. The molecule has 0 aliphatic carbocycles. The Morgan fingerprint density at radius 2 is 2.00 bits per heavy atom. The van der Waals surface area contributed by atoms with Crippen LogP contribution in [-0.2, 0) is 25.7 Å². The van der Waals surface area contributed by atoms with Gasteiger partial charge in [-0.2, -0.15) is 13.2 Å². The van der Waals surface area contributed by atoms with E-state index in [1.807, 2.05) is 30.3 Å². The number of hydrogen-bond acceptors (Lipinski definition) is 5. The molecule has 28 heavy (non-hydrogen) atoms. The van der Waals surface area contributed by atoms with Gasteiger partial charge in [-0.15, -0.1) is 0 Å². The molecule has 2 atom stereocenters. The molecule has 1 saturated heterocycles. The van der Waals surface area contributed by atoms with E-state index in [-0.39, 0.29) is 30.3 Å². The van der Waals surface area contributed by atoms with E-state index in [9.17, 15) is 22.8 Å². The minimum atomic E-state index is -5.08. The van der Waals surface area contributed by atoms with Crippen LogP contribution in [0, 0.1) is 11.8 Å². The first-order valence-electron chi connectivity index (χ1n) is 8.17. The van der Waals surface area contributed by atoms with Gasteiger partial charge in [0, 0.05) is 18.1 Å². The number of fused-ring (bicyclic) bond motifs is 1. The standard InChI is InChI=1S/C16H16N2O3.C2HF3O2/c1-10-13(9-21-16(10)20)15(19)18-8-11-4-5-14-12(7-11)3-2-6-17-14;3-2(4,5)1(6)7/h2-7,10,13H,8-9H2,1H3,(H,18,19);(H,6,7). The molecule has 3 rings (SSSR count). The lowest BCUT2D eigenvalue weighted by atomic mass is 9.96. The van der Waals surface area contributed by atoms with Crippen LogP contribution in [0.25, 0.3) is 10.9 Å². The Morgan fingerprint density at radius 1 is 1.32 bits per heavy atom. The van der Waals surface area contributed by atoms with Crippen LogP contribution in [0.4, 0.5) is 13.2 Å². The summed E-state index contributed by atoms with van der Waals surface area (Å²) in [5, 5.41) is 11.0. The van der Waals surface area contributed by atoms with Crippen LogP contribution >= 0.6 is 0 Å². The minimum Gasteiger partial charge on any atom is -0.475 e. The molecule has 10 heteroatoms. The molecule has 7 nitrogen and oxygen atoms in total. The molecule has 1 aromatic heterocycles. The van der Waals surface area contributed by atoms with Crippen molar-refractivity contribution in [3.8, 4) is 0 Å². The highest BCUT2D eigenvalue weighted by Crippen LogP contribution is 2.22. The van der Waals surface area contributed by atoms with Crippen LogP contribution in [0.5, 0.6) is 0 Å². The van der Waals surface area contributed by atoms with E-state index in [1.54, 1.807) is 13.1 Å². The number of benzene rings is 1. The number of carbonyl (C=O) groups is 3. The lowest BCUT2D eigenvalue weighted by Crippen LogP contribution is -2.33. The largest absolute Gasteiger partial charge is 0.490 e.